The third-order valence-electron chi connectivity index (χ3n) is 6.73. The molecule has 4 aromatic rings. The minimum atomic E-state index is -0.718. The molecular formula is C27H27N7O3. The van der Waals surface area contributed by atoms with Crippen LogP contribution in [-0.4, -0.2) is 48.4 Å². The Morgan fingerprint density at radius 2 is 1.86 bits per heavy atom. The standard InChI is InChI=1S/C27H27N7O3/c1-17(35)16-21(36)34-14-5-11-27(34,2)26-32-22(23-24(28)30-13-15-33(23)26)18-7-9-19(10-8-18)25(37)31-20-6-3-4-12-29-20/h3-4,6-10,12-13,15H,5,11,14,16H2,1-2H3,(H2,28,30)(H,29,31,37). The van der Waals surface area contributed by atoms with Gasteiger partial charge in [-0.25, -0.2) is 15.0 Å². The lowest BCUT2D eigenvalue weighted by atomic mass is 9.97. The SMILES string of the molecule is CC(=O)CC(=O)N1CCCC1(C)c1nc(-c2ccc(C(=O)Nc3ccccn3)cc2)c2c(N)nccn12. The van der Waals surface area contributed by atoms with Crippen molar-refractivity contribution < 1.29 is 14.4 Å². The Labute approximate surface area is 213 Å². The Kier molecular flexibility index (Phi) is 6.16. The van der Waals surface area contributed by atoms with Crippen LogP contribution in [0.5, 0.6) is 0 Å². The van der Waals surface area contributed by atoms with Gasteiger partial charge in [-0.3, -0.25) is 18.8 Å². The number of nitrogens with zero attached hydrogens (tertiary/aromatic N) is 5. The number of hydrogen-bond donors (Lipinski definition) is 2. The highest BCUT2D eigenvalue weighted by atomic mass is 16.2. The number of pyridine rings is 1. The lowest BCUT2D eigenvalue weighted by Crippen LogP contribution is -2.44. The van der Waals surface area contributed by atoms with Gasteiger partial charge in [0.2, 0.25) is 5.91 Å². The van der Waals surface area contributed by atoms with E-state index in [0.29, 0.717) is 47.2 Å². The zero-order valence-electron chi connectivity index (χ0n) is 20.6. The van der Waals surface area contributed by atoms with Crippen molar-refractivity contribution in [2.24, 2.45) is 0 Å². The molecular weight excluding hydrogens is 470 g/mol. The second-order valence-electron chi connectivity index (χ2n) is 9.36. The number of hydrogen-bond acceptors (Lipinski definition) is 7. The molecule has 1 aromatic carbocycles. The summed E-state index contributed by atoms with van der Waals surface area (Å²) in [5.41, 5.74) is 8.03. The van der Waals surface area contributed by atoms with Crippen molar-refractivity contribution in [3.05, 3.63) is 72.4 Å². The van der Waals surface area contributed by atoms with Gasteiger partial charge < -0.3 is 16.0 Å². The van der Waals surface area contributed by atoms with Crippen LogP contribution in [0.15, 0.2) is 61.1 Å². The maximum Gasteiger partial charge on any atom is 0.256 e. The fourth-order valence-corrected chi connectivity index (χ4v) is 4.95. The molecule has 1 atom stereocenters. The molecule has 4 heterocycles. The monoisotopic (exact) mass is 497 g/mol. The summed E-state index contributed by atoms with van der Waals surface area (Å²) in [5.74, 6) is 0.757. The van der Waals surface area contributed by atoms with Crippen molar-refractivity contribution in [2.75, 3.05) is 17.6 Å². The van der Waals surface area contributed by atoms with Crippen molar-refractivity contribution >= 4 is 34.8 Å². The number of nitrogens with two attached hydrogens (primary N) is 1. The number of aromatic nitrogens is 4. The van der Waals surface area contributed by atoms with E-state index in [-0.39, 0.29) is 24.0 Å². The number of benzene rings is 1. The third-order valence-corrected chi connectivity index (χ3v) is 6.73. The Hall–Kier alpha value is -4.60. The van der Waals surface area contributed by atoms with E-state index in [1.165, 1.54) is 6.92 Å². The first-order valence-electron chi connectivity index (χ1n) is 12.0. The van der Waals surface area contributed by atoms with Crippen molar-refractivity contribution in [3.8, 4) is 11.3 Å². The predicted octanol–water partition coefficient (Wildman–Crippen LogP) is 3.44. The predicted molar refractivity (Wildman–Crippen MR) is 139 cm³/mol. The number of carbonyl (C=O) groups excluding carboxylic acids is 3. The lowest BCUT2D eigenvalue weighted by Gasteiger charge is -2.34. The summed E-state index contributed by atoms with van der Waals surface area (Å²) in [4.78, 5) is 52.4. The number of Topliss-reactive ketones (excluding diaryl/α,β-unsaturated/α-hetero) is 1. The molecule has 10 nitrogen and oxygen atoms in total. The summed E-state index contributed by atoms with van der Waals surface area (Å²) in [5, 5.41) is 2.77. The molecule has 188 valence electrons. The highest BCUT2D eigenvalue weighted by Gasteiger charge is 2.44. The number of imidazole rings is 1. The van der Waals surface area contributed by atoms with Gasteiger partial charge in [-0.15, -0.1) is 0 Å². The molecule has 1 fully saturated rings. The summed E-state index contributed by atoms with van der Waals surface area (Å²) >= 11 is 0. The average molecular weight is 498 g/mol. The Morgan fingerprint density at radius 1 is 1.08 bits per heavy atom. The molecule has 1 aliphatic heterocycles. The van der Waals surface area contributed by atoms with E-state index in [9.17, 15) is 14.4 Å². The van der Waals surface area contributed by atoms with Gasteiger partial charge in [0.1, 0.15) is 34.5 Å². The van der Waals surface area contributed by atoms with Crippen LogP contribution in [0.4, 0.5) is 11.6 Å². The maximum absolute atomic E-state index is 12.9. The molecule has 3 N–H and O–H groups in total. The molecule has 3 aromatic heterocycles. The average Bonchev–Trinajstić information content (AvgIpc) is 3.47. The first kappa shape index (κ1) is 24.1. The molecule has 0 spiro atoms. The van der Waals surface area contributed by atoms with E-state index in [4.69, 9.17) is 10.7 Å². The minimum absolute atomic E-state index is 0.141. The Morgan fingerprint density at radius 3 is 2.57 bits per heavy atom. The summed E-state index contributed by atoms with van der Waals surface area (Å²) < 4.78 is 1.87. The van der Waals surface area contributed by atoms with Crippen LogP contribution in [0.1, 0.15) is 49.3 Å². The van der Waals surface area contributed by atoms with Crippen molar-refractivity contribution in [1.29, 1.82) is 0 Å². The zero-order valence-corrected chi connectivity index (χ0v) is 20.6. The lowest BCUT2D eigenvalue weighted by molar-refractivity contribution is -0.138. The van der Waals surface area contributed by atoms with Gasteiger partial charge in [-0.05, 0) is 51.0 Å². The normalized spacial score (nSPS) is 17.2. The van der Waals surface area contributed by atoms with Crippen molar-refractivity contribution in [3.63, 3.8) is 0 Å². The van der Waals surface area contributed by atoms with Crippen LogP contribution >= 0.6 is 0 Å². The molecule has 2 amide bonds. The quantitative estimate of drug-likeness (QED) is 0.390. The van der Waals surface area contributed by atoms with Gasteiger partial charge >= 0.3 is 0 Å². The summed E-state index contributed by atoms with van der Waals surface area (Å²) in [6, 6.07) is 12.3. The van der Waals surface area contributed by atoms with Crippen molar-refractivity contribution in [1.82, 2.24) is 24.3 Å². The number of carbonyl (C=O) groups is 3. The van der Waals surface area contributed by atoms with Crippen LogP contribution in [0.25, 0.3) is 16.8 Å². The molecule has 10 heteroatoms. The van der Waals surface area contributed by atoms with Gasteiger partial charge in [0.25, 0.3) is 5.91 Å². The number of nitrogens with one attached hydrogen (secondary N) is 1. The van der Waals surface area contributed by atoms with Crippen LogP contribution in [0.3, 0.4) is 0 Å². The van der Waals surface area contributed by atoms with E-state index in [0.717, 1.165) is 12.0 Å². The number of nitrogen functional groups attached to an aromatic ring is 1. The number of anilines is 2. The molecule has 5 rings (SSSR count). The second kappa shape index (κ2) is 9.45. The second-order valence-corrected chi connectivity index (χ2v) is 9.36. The molecule has 1 unspecified atom stereocenters. The smallest absolute Gasteiger partial charge is 0.256 e. The fraction of sp³-hybridized carbons (Fsp3) is 0.259. The highest BCUT2D eigenvalue weighted by molar-refractivity contribution is 6.04. The van der Waals surface area contributed by atoms with E-state index in [2.05, 4.69) is 15.3 Å². The number of fused-ring (bicyclic) bond motifs is 1. The van der Waals surface area contributed by atoms with E-state index < -0.39 is 5.54 Å². The summed E-state index contributed by atoms with van der Waals surface area (Å²) in [7, 11) is 0. The topological polar surface area (TPSA) is 136 Å². The van der Waals surface area contributed by atoms with Crippen LogP contribution in [0, 0.1) is 0 Å². The highest BCUT2D eigenvalue weighted by Crippen LogP contribution is 2.41. The first-order valence-corrected chi connectivity index (χ1v) is 12.0. The van der Waals surface area contributed by atoms with Gasteiger partial charge in [-0.1, -0.05) is 18.2 Å². The van der Waals surface area contributed by atoms with Gasteiger partial charge in [0, 0.05) is 36.3 Å². The third kappa shape index (κ3) is 4.42. The molecule has 0 radical (unpaired) electrons. The van der Waals surface area contributed by atoms with E-state index in [1.54, 1.807) is 53.8 Å². The molecule has 1 saturated heterocycles. The zero-order chi connectivity index (χ0) is 26.2. The number of rotatable bonds is 6. The number of likely N-dealkylation sites (tertiary alicyclic amines) is 1. The first-order chi connectivity index (χ1) is 17.8. The largest absolute Gasteiger partial charge is 0.382 e. The summed E-state index contributed by atoms with van der Waals surface area (Å²) in [6.07, 6.45) is 6.34. The van der Waals surface area contributed by atoms with Crippen LogP contribution in [-0.2, 0) is 15.1 Å². The number of ketones is 1. The Balaban J connectivity index is 1.53. The summed E-state index contributed by atoms with van der Waals surface area (Å²) in [6.45, 7) is 3.94. The van der Waals surface area contributed by atoms with Gasteiger partial charge in [-0.2, -0.15) is 0 Å². The van der Waals surface area contributed by atoms with Crippen LogP contribution < -0.4 is 11.1 Å². The molecule has 0 saturated carbocycles. The fourth-order valence-electron chi connectivity index (χ4n) is 4.95. The molecule has 0 bridgehead atoms. The minimum Gasteiger partial charge on any atom is -0.382 e. The van der Waals surface area contributed by atoms with E-state index >= 15 is 0 Å². The molecule has 0 aliphatic carbocycles. The van der Waals surface area contributed by atoms with Gasteiger partial charge in [0.05, 0.1) is 12.0 Å². The molecule has 37 heavy (non-hydrogen) atoms. The number of amides is 2. The van der Waals surface area contributed by atoms with Gasteiger partial charge in [0.15, 0.2) is 0 Å². The van der Waals surface area contributed by atoms with Crippen molar-refractivity contribution in [2.45, 2.75) is 38.6 Å². The Bertz CT molecular complexity index is 1500. The maximum atomic E-state index is 12.9. The molecule has 1 aliphatic rings. The van der Waals surface area contributed by atoms with Crippen LogP contribution in [0.2, 0.25) is 0 Å². The van der Waals surface area contributed by atoms with E-state index in [1.807, 2.05) is 23.5 Å².